The number of nitrogens with zero attached hydrogens (tertiary/aromatic N) is 2. The molecule has 1 N–H and O–H groups in total. The van der Waals surface area contributed by atoms with Gasteiger partial charge >= 0.3 is 0 Å². The second-order valence-electron chi connectivity index (χ2n) is 9.64. The summed E-state index contributed by atoms with van der Waals surface area (Å²) in [6, 6.07) is 9.21. The van der Waals surface area contributed by atoms with Crippen molar-refractivity contribution in [2.24, 2.45) is 5.92 Å². The lowest BCUT2D eigenvalue weighted by Crippen LogP contribution is -2.52. The molecule has 0 bridgehead atoms. The van der Waals surface area contributed by atoms with E-state index in [1.54, 1.807) is 38.1 Å². The van der Waals surface area contributed by atoms with Crippen molar-refractivity contribution < 1.29 is 21.6 Å². The fourth-order valence-electron chi connectivity index (χ4n) is 4.98. The summed E-state index contributed by atoms with van der Waals surface area (Å²) < 4.78 is 56.0. The molecule has 0 aromatic heterocycles. The molecule has 8 nitrogen and oxygen atoms in total. The summed E-state index contributed by atoms with van der Waals surface area (Å²) in [5.74, 6) is -0.781. The Labute approximate surface area is 229 Å². The van der Waals surface area contributed by atoms with Crippen molar-refractivity contribution in [3.63, 3.8) is 0 Å². The van der Waals surface area contributed by atoms with Gasteiger partial charge in [-0.1, -0.05) is 35.3 Å². The fraction of sp³-hybridized carbons (Fsp3) is 0.480. The Morgan fingerprint density at radius 3 is 1.84 bits per heavy atom. The number of carbonyl (C=O) groups is 1. The van der Waals surface area contributed by atoms with Gasteiger partial charge in [0.1, 0.15) is 0 Å². The summed E-state index contributed by atoms with van der Waals surface area (Å²) in [5, 5.41) is 3.74. The molecule has 2 aromatic rings. The second kappa shape index (κ2) is 11.2. The van der Waals surface area contributed by atoms with Crippen LogP contribution in [0.4, 0.5) is 0 Å². The van der Waals surface area contributed by atoms with E-state index in [1.807, 2.05) is 0 Å². The molecule has 2 aliphatic rings. The topological polar surface area (TPSA) is 104 Å². The van der Waals surface area contributed by atoms with Crippen LogP contribution in [0.2, 0.25) is 10.0 Å². The van der Waals surface area contributed by atoms with E-state index in [0.717, 1.165) is 0 Å². The van der Waals surface area contributed by atoms with E-state index in [2.05, 4.69) is 5.32 Å². The number of amides is 1. The van der Waals surface area contributed by atoms with Gasteiger partial charge in [0.05, 0.1) is 15.7 Å². The summed E-state index contributed by atoms with van der Waals surface area (Å²) in [6.07, 6.45) is 2.35. The smallest absolute Gasteiger partial charge is 0.243 e. The predicted octanol–water partition coefficient (Wildman–Crippen LogP) is 3.98. The highest BCUT2D eigenvalue weighted by molar-refractivity contribution is 7.89. The first-order valence-corrected chi connectivity index (χ1v) is 15.9. The number of sulfonamides is 2. The third kappa shape index (κ3) is 5.84. The lowest BCUT2D eigenvalue weighted by Gasteiger charge is -2.35. The van der Waals surface area contributed by atoms with Crippen LogP contribution in [0, 0.1) is 19.8 Å². The fourth-order valence-corrected chi connectivity index (χ4v) is 8.99. The zero-order valence-electron chi connectivity index (χ0n) is 20.8. The summed E-state index contributed by atoms with van der Waals surface area (Å²) in [4.78, 5) is 13.5. The number of hydrogen-bond acceptors (Lipinski definition) is 5. The van der Waals surface area contributed by atoms with Crippen LogP contribution in [0.1, 0.15) is 36.8 Å². The van der Waals surface area contributed by atoms with Gasteiger partial charge in [-0.05, 0) is 74.9 Å². The molecule has 2 aromatic carbocycles. The van der Waals surface area contributed by atoms with Gasteiger partial charge in [0.2, 0.25) is 26.0 Å². The van der Waals surface area contributed by atoms with Crippen molar-refractivity contribution in [3.8, 4) is 0 Å². The third-order valence-corrected chi connectivity index (χ3v) is 12.0. The van der Waals surface area contributed by atoms with Crippen molar-refractivity contribution in [2.45, 2.75) is 55.4 Å². The van der Waals surface area contributed by atoms with E-state index < -0.39 is 26.0 Å². The van der Waals surface area contributed by atoms with Gasteiger partial charge in [0.15, 0.2) is 0 Å². The monoisotopic (exact) mass is 587 g/mol. The first-order chi connectivity index (χ1) is 17.4. The van der Waals surface area contributed by atoms with E-state index in [9.17, 15) is 21.6 Å². The summed E-state index contributed by atoms with van der Waals surface area (Å²) in [7, 11) is -7.59. The van der Waals surface area contributed by atoms with Gasteiger partial charge in [0, 0.05) is 42.3 Å². The maximum absolute atomic E-state index is 13.3. The van der Waals surface area contributed by atoms with Crippen LogP contribution in [0.3, 0.4) is 0 Å². The molecule has 2 atom stereocenters. The molecule has 0 radical (unpaired) electrons. The Hall–Kier alpha value is -1.69. The minimum Gasteiger partial charge on any atom is -0.352 e. The summed E-state index contributed by atoms with van der Waals surface area (Å²) >= 11 is 12.3. The van der Waals surface area contributed by atoms with E-state index in [1.165, 1.54) is 20.7 Å². The molecule has 12 heteroatoms. The van der Waals surface area contributed by atoms with Crippen molar-refractivity contribution in [2.75, 3.05) is 26.2 Å². The minimum absolute atomic E-state index is 0.0660. The third-order valence-electron chi connectivity index (χ3n) is 7.16. The molecule has 1 unspecified atom stereocenters. The predicted molar refractivity (Wildman–Crippen MR) is 144 cm³/mol. The number of carbonyl (C=O) groups excluding carboxylic acids is 1. The van der Waals surface area contributed by atoms with Gasteiger partial charge < -0.3 is 5.32 Å². The van der Waals surface area contributed by atoms with Gasteiger partial charge in [-0.2, -0.15) is 8.61 Å². The molecular weight excluding hydrogens is 557 g/mol. The average Bonchev–Trinajstić information content (AvgIpc) is 2.87. The minimum atomic E-state index is -3.81. The number of halogens is 2. The lowest BCUT2D eigenvalue weighted by molar-refractivity contribution is -0.127. The molecule has 37 heavy (non-hydrogen) atoms. The van der Waals surface area contributed by atoms with E-state index in [-0.39, 0.29) is 34.8 Å². The number of piperidine rings is 2. The highest BCUT2D eigenvalue weighted by Gasteiger charge is 2.37. The van der Waals surface area contributed by atoms with E-state index in [0.29, 0.717) is 59.9 Å². The number of hydrogen-bond donors (Lipinski definition) is 1. The maximum atomic E-state index is 13.3. The number of benzene rings is 2. The van der Waals surface area contributed by atoms with Crippen LogP contribution in [-0.4, -0.2) is 63.6 Å². The van der Waals surface area contributed by atoms with Gasteiger partial charge in [-0.15, -0.1) is 0 Å². The Balaban J connectivity index is 1.44. The number of rotatable bonds is 6. The summed E-state index contributed by atoms with van der Waals surface area (Å²) in [6.45, 7) is 4.23. The molecule has 2 aliphatic heterocycles. The standard InChI is InChI=1S/C25H31Cl2N3O5S2/c1-17-21(26)9-3-11-23(17)36(32,33)29-13-5-7-19(15-29)25(31)28-20-8-6-14-30(16-20)37(34,35)24-12-4-10-22(27)18(24)2/h3-4,9-12,19-20H,5-8,13-16H2,1-2H3,(H,28,31)/t19-,20?/m0/s1. The van der Waals surface area contributed by atoms with Crippen LogP contribution in [0.15, 0.2) is 46.2 Å². The van der Waals surface area contributed by atoms with Crippen molar-refractivity contribution in [1.29, 1.82) is 0 Å². The molecule has 4 rings (SSSR count). The normalized spacial score (nSPS) is 22.1. The second-order valence-corrected chi connectivity index (χ2v) is 14.3. The first-order valence-electron chi connectivity index (χ1n) is 12.2. The molecule has 0 saturated carbocycles. The molecule has 0 aliphatic carbocycles. The van der Waals surface area contributed by atoms with Crippen LogP contribution >= 0.6 is 23.2 Å². The average molecular weight is 589 g/mol. The molecular formula is C25H31Cl2N3O5S2. The quantitative estimate of drug-likeness (QED) is 0.550. The Morgan fingerprint density at radius 1 is 0.811 bits per heavy atom. The molecule has 202 valence electrons. The maximum Gasteiger partial charge on any atom is 0.243 e. The zero-order chi connectivity index (χ0) is 27.0. The van der Waals surface area contributed by atoms with Crippen LogP contribution < -0.4 is 5.32 Å². The molecule has 0 spiro atoms. The lowest BCUT2D eigenvalue weighted by atomic mass is 9.97. The largest absolute Gasteiger partial charge is 0.352 e. The Kier molecular flexibility index (Phi) is 8.57. The Morgan fingerprint density at radius 2 is 1.30 bits per heavy atom. The highest BCUT2D eigenvalue weighted by Crippen LogP contribution is 2.30. The number of nitrogens with one attached hydrogen (secondary N) is 1. The van der Waals surface area contributed by atoms with Gasteiger partial charge in [-0.25, -0.2) is 16.8 Å². The first kappa shape index (κ1) is 28.3. The Bertz CT molecular complexity index is 1400. The molecule has 2 fully saturated rings. The van der Waals surface area contributed by atoms with Crippen molar-refractivity contribution in [1.82, 2.24) is 13.9 Å². The van der Waals surface area contributed by atoms with Gasteiger partial charge in [0.25, 0.3) is 0 Å². The summed E-state index contributed by atoms with van der Waals surface area (Å²) in [5.41, 5.74) is 0.975. The van der Waals surface area contributed by atoms with Crippen LogP contribution in [-0.2, 0) is 24.8 Å². The van der Waals surface area contributed by atoms with E-state index >= 15 is 0 Å². The molecule has 2 heterocycles. The van der Waals surface area contributed by atoms with Crippen molar-refractivity contribution >= 4 is 49.2 Å². The molecule has 2 saturated heterocycles. The molecule has 1 amide bonds. The van der Waals surface area contributed by atoms with Crippen LogP contribution in [0.25, 0.3) is 0 Å². The van der Waals surface area contributed by atoms with Gasteiger partial charge in [-0.3, -0.25) is 4.79 Å². The zero-order valence-corrected chi connectivity index (χ0v) is 23.9. The SMILES string of the molecule is Cc1c(Cl)cccc1S(=O)(=O)N1CCCC(NC(=O)[C@H]2CCCN(S(=O)(=O)c3cccc(Cl)c3C)C2)C1. The van der Waals surface area contributed by atoms with Crippen LogP contribution in [0.5, 0.6) is 0 Å². The van der Waals surface area contributed by atoms with E-state index in [4.69, 9.17) is 23.2 Å². The van der Waals surface area contributed by atoms with Crippen molar-refractivity contribution in [3.05, 3.63) is 57.6 Å². The highest BCUT2D eigenvalue weighted by atomic mass is 35.5.